The van der Waals surface area contributed by atoms with Gasteiger partial charge in [-0.1, -0.05) is 24.1 Å². The Bertz CT molecular complexity index is 352. The van der Waals surface area contributed by atoms with Crippen molar-refractivity contribution in [2.45, 2.75) is 13.0 Å². The van der Waals surface area contributed by atoms with Gasteiger partial charge in [-0.15, -0.1) is 6.42 Å². The molecule has 0 aliphatic heterocycles. The van der Waals surface area contributed by atoms with E-state index in [-0.39, 0.29) is 0 Å². The van der Waals surface area contributed by atoms with Gasteiger partial charge < -0.3 is 10.2 Å². The molecule has 0 saturated heterocycles. The van der Waals surface area contributed by atoms with Crippen LogP contribution in [0.1, 0.15) is 18.5 Å². The van der Waals surface area contributed by atoms with Crippen molar-refractivity contribution in [3.05, 3.63) is 29.8 Å². The van der Waals surface area contributed by atoms with E-state index in [0.717, 1.165) is 0 Å². The van der Waals surface area contributed by atoms with E-state index < -0.39 is 0 Å². The Labute approximate surface area is 92.3 Å². The molecule has 2 nitrogen and oxygen atoms in total. The maximum Gasteiger partial charge on any atom is 0.0788 e. The van der Waals surface area contributed by atoms with E-state index in [1.54, 1.807) is 0 Å². The molecular weight excluding hydrogens is 184 g/mol. The van der Waals surface area contributed by atoms with Gasteiger partial charge >= 0.3 is 0 Å². The van der Waals surface area contributed by atoms with Crippen molar-refractivity contribution in [2.24, 2.45) is 0 Å². The van der Waals surface area contributed by atoms with Crippen molar-refractivity contribution in [1.29, 1.82) is 0 Å². The molecule has 1 N–H and O–H groups in total. The van der Waals surface area contributed by atoms with Gasteiger partial charge in [0.1, 0.15) is 0 Å². The number of nitrogens with one attached hydrogen (secondary N) is 1. The first-order valence-corrected chi connectivity index (χ1v) is 5.11. The Morgan fingerprint density at radius 1 is 1.47 bits per heavy atom. The lowest BCUT2D eigenvalue weighted by Gasteiger charge is -2.23. The van der Waals surface area contributed by atoms with Crippen LogP contribution in [0.4, 0.5) is 5.69 Å². The fourth-order valence-electron chi connectivity index (χ4n) is 1.58. The van der Waals surface area contributed by atoms with Gasteiger partial charge in [-0.2, -0.15) is 0 Å². The number of hydrogen-bond donors (Lipinski definition) is 1. The highest BCUT2D eigenvalue weighted by Crippen LogP contribution is 2.24. The third-order valence-electron chi connectivity index (χ3n) is 2.58. The van der Waals surface area contributed by atoms with Crippen molar-refractivity contribution in [1.82, 2.24) is 5.32 Å². The Kier molecular flexibility index (Phi) is 4.20. The summed E-state index contributed by atoms with van der Waals surface area (Å²) in [5, 5.41) is 3.24. The average molecular weight is 202 g/mol. The van der Waals surface area contributed by atoms with Crippen LogP contribution in [0.25, 0.3) is 0 Å². The molecule has 1 aromatic rings. The third-order valence-corrected chi connectivity index (χ3v) is 2.58. The molecule has 0 amide bonds. The number of para-hydroxylation sites is 1. The van der Waals surface area contributed by atoms with Gasteiger partial charge in [-0.3, -0.25) is 0 Å². The molecule has 0 bridgehead atoms. The summed E-state index contributed by atoms with van der Waals surface area (Å²) < 4.78 is 0. The van der Waals surface area contributed by atoms with E-state index in [1.165, 1.54) is 11.3 Å². The number of terminal acetylenes is 1. The largest absolute Gasteiger partial charge is 0.363 e. The monoisotopic (exact) mass is 202 g/mol. The van der Waals surface area contributed by atoms with Gasteiger partial charge in [0.25, 0.3) is 0 Å². The molecule has 1 unspecified atom stereocenters. The maximum atomic E-state index is 5.32. The summed E-state index contributed by atoms with van der Waals surface area (Å²) in [5.74, 6) is 2.66. The van der Waals surface area contributed by atoms with E-state index in [0.29, 0.717) is 12.6 Å². The summed E-state index contributed by atoms with van der Waals surface area (Å²) in [6.07, 6.45) is 5.32. The first-order valence-electron chi connectivity index (χ1n) is 5.11. The third kappa shape index (κ3) is 2.74. The molecule has 2 heteroatoms. The molecule has 0 spiro atoms. The molecule has 15 heavy (non-hydrogen) atoms. The van der Waals surface area contributed by atoms with E-state index in [4.69, 9.17) is 6.42 Å². The second-order valence-corrected chi connectivity index (χ2v) is 3.63. The van der Waals surface area contributed by atoms with Crippen molar-refractivity contribution in [3.8, 4) is 12.3 Å². The minimum absolute atomic E-state index is 0.335. The molecule has 0 radical (unpaired) electrons. The minimum Gasteiger partial charge on any atom is -0.363 e. The average Bonchev–Trinajstić information content (AvgIpc) is 2.28. The van der Waals surface area contributed by atoms with Crippen molar-refractivity contribution >= 4 is 5.69 Å². The zero-order chi connectivity index (χ0) is 11.3. The minimum atomic E-state index is 0.335. The van der Waals surface area contributed by atoms with Crippen LogP contribution in [0.2, 0.25) is 0 Å². The fourth-order valence-corrected chi connectivity index (χ4v) is 1.58. The highest BCUT2D eigenvalue weighted by molar-refractivity contribution is 5.55. The molecule has 1 aromatic carbocycles. The smallest absolute Gasteiger partial charge is 0.0788 e. The first-order chi connectivity index (χ1) is 7.20. The van der Waals surface area contributed by atoms with Crippen molar-refractivity contribution in [2.75, 3.05) is 25.5 Å². The molecule has 80 valence electrons. The van der Waals surface area contributed by atoms with Gasteiger partial charge in [-0.25, -0.2) is 0 Å². The van der Waals surface area contributed by atoms with E-state index in [9.17, 15) is 0 Å². The first kappa shape index (κ1) is 11.6. The number of benzene rings is 1. The lowest BCUT2D eigenvalue weighted by atomic mass is 10.1. The summed E-state index contributed by atoms with van der Waals surface area (Å²) in [6, 6.07) is 8.65. The number of anilines is 1. The van der Waals surface area contributed by atoms with Crippen LogP contribution >= 0.6 is 0 Å². The standard InChI is InChI=1S/C13H18N2/c1-5-10-15(4)13-9-7-6-8-12(13)11(2)14-3/h1,6-9,11,14H,10H2,2-4H3. The molecule has 0 saturated carbocycles. The summed E-state index contributed by atoms with van der Waals surface area (Å²) in [4.78, 5) is 2.09. The van der Waals surface area contributed by atoms with Crippen LogP contribution in [0.3, 0.4) is 0 Å². The molecule has 0 aliphatic carbocycles. The van der Waals surface area contributed by atoms with Crippen LogP contribution in [0, 0.1) is 12.3 Å². The van der Waals surface area contributed by atoms with E-state index in [2.05, 4.69) is 41.3 Å². The SMILES string of the molecule is C#CCN(C)c1ccccc1C(C)NC. The van der Waals surface area contributed by atoms with Crippen LogP contribution in [-0.2, 0) is 0 Å². The quantitative estimate of drug-likeness (QED) is 0.752. The van der Waals surface area contributed by atoms with E-state index >= 15 is 0 Å². The lowest BCUT2D eigenvalue weighted by molar-refractivity contribution is 0.651. The molecule has 0 fully saturated rings. The zero-order valence-electron chi connectivity index (χ0n) is 9.62. The summed E-state index contributed by atoms with van der Waals surface area (Å²) >= 11 is 0. The van der Waals surface area contributed by atoms with Crippen LogP contribution in [0.15, 0.2) is 24.3 Å². The number of hydrogen-bond acceptors (Lipinski definition) is 2. The van der Waals surface area contributed by atoms with Gasteiger partial charge in [0.2, 0.25) is 0 Å². The molecule has 1 atom stereocenters. The topological polar surface area (TPSA) is 15.3 Å². The highest BCUT2D eigenvalue weighted by Gasteiger charge is 2.10. The summed E-state index contributed by atoms with van der Waals surface area (Å²) in [5.41, 5.74) is 2.47. The fraction of sp³-hybridized carbons (Fsp3) is 0.385. The van der Waals surface area contributed by atoms with Crippen LogP contribution in [0.5, 0.6) is 0 Å². The Morgan fingerprint density at radius 2 is 2.13 bits per heavy atom. The van der Waals surface area contributed by atoms with Crippen molar-refractivity contribution < 1.29 is 0 Å². The van der Waals surface area contributed by atoms with Gasteiger partial charge in [0, 0.05) is 18.8 Å². The molecule has 0 aromatic heterocycles. The molecular formula is C13H18N2. The Balaban J connectivity index is 3.01. The Hall–Kier alpha value is -1.46. The predicted octanol–water partition coefficient (Wildman–Crippen LogP) is 2.04. The predicted molar refractivity (Wildman–Crippen MR) is 66.0 cm³/mol. The normalized spacial score (nSPS) is 11.9. The molecule has 0 aliphatic rings. The zero-order valence-corrected chi connectivity index (χ0v) is 9.62. The number of nitrogens with zero attached hydrogens (tertiary/aromatic N) is 1. The van der Waals surface area contributed by atoms with Crippen LogP contribution in [-0.4, -0.2) is 20.6 Å². The van der Waals surface area contributed by atoms with E-state index in [1.807, 2.05) is 20.2 Å². The lowest BCUT2D eigenvalue weighted by Crippen LogP contribution is -2.21. The second kappa shape index (κ2) is 5.43. The highest BCUT2D eigenvalue weighted by atomic mass is 15.1. The summed E-state index contributed by atoms with van der Waals surface area (Å²) in [6.45, 7) is 2.77. The van der Waals surface area contributed by atoms with Gasteiger partial charge in [0.05, 0.1) is 6.54 Å². The van der Waals surface area contributed by atoms with Crippen LogP contribution < -0.4 is 10.2 Å². The molecule has 0 heterocycles. The summed E-state index contributed by atoms with van der Waals surface area (Å²) in [7, 11) is 3.98. The van der Waals surface area contributed by atoms with Crippen molar-refractivity contribution in [3.63, 3.8) is 0 Å². The molecule has 1 rings (SSSR count). The Morgan fingerprint density at radius 3 is 2.73 bits per heavy atom. The number of rotatable bonds is 4. The van der Waals surface area contributed by atoms with Gasteiger partial charge in [-0.05, 0) is 25.6 Å². The maximum absolute atomic E-state index is 5.32. The van der Waals surface area contributed by atoms with Gasteiger partial charge in [0.15, 0.2) is 0 Å². The second-order valence-electron chi connectivity index (χ2n) is 3.63.